The molecule has 1 aromatic carbocycles. The molecule has 2 N–H and O–H groups in total. The second kappa shape index (κ2) is 8.06. The third kappa shape index (κ3) is 3.90. The number of halogens is 1. The lowest BCUT2D eigenvalue weighted by Crippen LogP contribution is -2.42. The fraction of sp³-hybridized carbons (Fsp3) is 0.556. The van der Waals surface area contributed by atoms with E-state index in [2.05, 4.69) is 0 Å². The van der Waals surface area contributed by atoms with Crippen LogP contribution in [0.25, 0.3) is 11.0 Å². The molecule has 2 heterocycles. The van der Waals surface area contributed by atoms with Gasteiger partial charge < -0.3 is 10.6 Å². The topological polar surface area (TPSA) is 73.3 Å². The van der Waals surface area contributed by atoms with E-state index in [4.69, 9.17) is 5.73 Å². The Balaban J connectivity index is 0.00000225. The van der Waals surface area contributed by atoms with Gasteiger partial charge in [0, 0.05) is 39.1 Å². The van der Waals surface area contributed by atoms with Gasteiger partial charge in [-0.25, -0.2) is 4.79 Å². The van der Waals surface area contributed by atoms with E-state index in [1.54, 1.807) is 16.2 Å². The van der Waals surface area contributed by atoms with Gasteiger partial charge in [-0.1, -0.05) is 12.1 Å². The van der Waals surface area contributed by atoms with Crippen LogP contribution in [-0.4, -0.2) is 39.1 Å². The molecule has 0 radical (unpaired) electrons. The average molecular weight is 367 g/mol. The molecule has 1 aromatic heterocycles. The Kier molecular flexibility index (Phi) is 6.30. The Hall–Kier alpha value is -1.79. The Morgan fingerprint density at radius 1 is 1.24 bits per heavy atom. The van der Waals surface area contributed by atoms with Crippen LogP contribution in [0.15, 0.2) is 29.1 Å². The molecular formula is C18H27ClN4O2. The van der Waals surface area contributed by atoms with Crippen molar-refractivity contribution in [3.05, 3.63) is 34.7 Å². The van der Waals surface area contributed by atoms with Crippen molar-refractivity contribution in [2.45, 2.75) is 38.8 Å². The standard InChI is InChI=1S/C18H26N4O2.ClH/c1-13(19)14-7-10-21(11-8-14)17(23)9-12-22-16-6-4-3-5-15(16)20(2)18(22)24;/h3-6,13-14H,7-12,19H2,1-2H3;1H. The normalized spacial score (nSPS) is 16.7. The number of imidazole rings is 1. The highest BCUT2D eigenvalue weighted by Crippen LogP contribution is 2.20. The summed E-state index contributed by atoms with van der Waals surface area (Å²) in [5.74, 6) is 0.632. The third-order valence-electron chi connectivity index (χ3n) is 5.24. The molecule has 7 heteroatoms. The van der Waals surface area contributed by atoms with Crippen molar-refractivity contribution in [3.63, 3.8) is 0 Å². The number of hydrogen-bond acceptors (Lipinski definition) is 3. The molecule has 138 valence electrons. The molecule has 1 aliphatic heterocycles. The van der Waals surface area contributed by atoms with Crippen LogP contribution in [0.3, 0.4) is 0 Å². The number of benzene rings is 1. The first kappa shape index (κ1) is 19.5. The van der Waals surface area contributed by atoms with E-state index in [0.29, 0.717) is 18.9 Å². The number of hydrogen-bond donors (Lipinski definition) is 1. The van der Waals surface area contributed by atoms with Crippen LogP contribution < -0.4 is 11.4 Å². The predicted octanol–water partition coefficient (Wildman–Crippen LogP) is 1.74. The molecule has 2 aromatic rings. The van der Waals surface area contributed by atoms with Crippen molar-refractivity contribution in [3.8, 4) is 0 Å². The second-order valence-electron chi connectivity index (χ2n) is 6.81. The fourth-order valence-electron chi connectivity index (χ4n) is 3.62. The largest absolute Gasteiger partial charge is 0.343 e. The number of amides is 1. The first-order valence-electron chi connectivity index (χ1n) is 8.66. The maximum atomic E-state index is 12.5. The molecule has 1 amide bonds. The van der Waals surface area contributed by atoms with Gasteiger partial charge in [0.05, 0.1) is 11.0 Å². The molecule has 1 atom stereocenters. The van der Waals surface area contributed by atoms with Gasteiger partial charge in [0.25, 0.3) is 0 Å². The number of likely N-dealkylation sites (tertiary alicyclic amines) is 1. The van der Waals surface area contributed by atoms with Crippen LogP contribution in [0.4, 0.5) is 0 Å². The van der Waals surface area contributed by atoms with Crippen molar-refractivity contribution in [2.75, 3.05) is 13.1 Å². The van der Waals surface area contributed by atoms with Gasteiger partial charge in [-0.05, 0) is 37.8 Å². The number of nitrogens with two attached hydrogens (primary N) is 1. The third-order valence-corrected chi connectivity index (χ3v) is 5.24. The van der Waals surface area contributed by atoms with Crippen LogP contribution >= 0.6 is 12.4 Å². The second-order valence-corrected chi connectivity index (χ2v) is 6.81. The number of carbonyl (C=O) groups is 1. The number of carbonyl (C=O) groups excluding carboxylic acids is 1. The first-order valence-corrected chi connectivity index (χ1v) is 8.66. The number of para-hydroxylation sites is 2. The van der Waals surface area contributed by atoms with Gasteiger partial charge in [-0.3, -0.25) is 13.9 Å². The van der Waals surface area contributed by atoms with E-state index in [1.165, 1.54) is 0 Å². The number of nitrogens with zero attached hydrogens (tertiary/aromatic N) is 3. The average Bonchev–Trinajstić information content (AvgIpc) is 2.84. The van der Waals surface area contributed by atoms with E-state index in [9.17, 15) is 9.59 Å². The van der Waals surface area contributed by atoms with Crippen LogP contribution in [0.2, 0.25) is 0 Å². The van der Waals surface area contributed by atoms with Gasteiger partial charge in [0.15, 0.2) is 0 Å². The van der Waals surface area contributed by atoms with Crippen molar-refractivity contribution < 1.29 is 4.79 Å². The highest BCUT2D eigenvalue weighted by Gasteiger charge is 2.24. The summed E-state index contributed by atoms with van der Waals surface area (Å²) in [6.07, 6.45) is 2.30. The Morgan fingerprint density at radius 3 is 2.44 bits per heavy atom. The Labute approximate surface area is 154 Å². The maximum Gasteiger partial charge on any atom is 0.328 e. The van der Waals surface area contributed by atoms with Gasteiger partial charge >= 0.3 is 5.69 Å². The van der Waals surface area contributed by atoms with Gasteiger partial charge in [0.1, 0.15) is 0 Å². The molecule has 25 heavy (non-hydrogen) atoms. The maximum absolute atomic E-state index is 12.5. The summed E-state index contributed by atoms with van der Waals surface area (Å²) in [6, 6.07) is 7.87. The quantitative estimate of drug-likeness (QED) is 0.895. The Morgan fingerprint density at radius 2 is 1.84 bits per heavy atom. The van der Waals surface area contributed by atoms with Crippen molar-refractivity contribution >= 4 is 29.3 Å². The van der Waals surface area contributed by atoms with E-state index in [1.807, 2.05) is 36.1 Å². The molecule has 3 rings (SSSR count). The summed E-state index contributed by atoms with van der Waals surface area (Å²) >= 11 is 0. The molecule has 0 aliphatic carbocycles. The summed E-state index contributed by atoms with van der Waals surface area (Å²) in [7, 11) is 1.77. The lowest BCUT2D eigenvalue weighted by atomic mass is 9.91. The minimum Gasteiger partial charge on any atom is -0.343 e. The summed E-state index contributed by atoms with van der Waals surface area (Å²) in [6.45, 7) is 4.01. The molecule has 6 nitrogen and oxygen atoms in total. The highest BCUT2D eigenvalue weighted by molar-refractivity contribution is 5.85. The molecular weight excluding hydrogens is 340 g/mol. The van der Waals surface area contributed by atoms with Gasteiger partial charge in [0.2, 0.25) is 5.91 Å². The molecule has 1 saturated heterocycles. The molecule has 0 saturated carbocycles. The van der Waals surface area contributed by atoms with Crippen molar-refractivity contribution in [1.29, 1.82) is 0 Å². The number of aryl methyl sites for hydroxylation is 2. The minimum absolute atomic E-state index is 0. The zero-order valence-electron chi connectivity index (χ0n) is 14.9. The molecule has 0 bridgehead atoms. The van der Waals surface area contributed by atoms with E-state index < -0.39 is 0 Å². The van der Waals surface area contributed by atoms with Crippen LogP contribution in [-0.2, 0) is 18.4 Å². The smallest absolute Gasteiger partial charge is 0.328 e. The van der Waals surface area contributed by atoms with E-state index in [-0.39, 0.29) is 30.0 Å². The number of fused-ring (bicyclic) bond motifs is 1. The number of aromatic nitrogens is 2. The fourth-order valence-corrected chi connectivity index (χ4v) is 3.62. The summed E-state index contributed by atoms with van der Waals surface area (Å²) in [5.41, 5.74) is 7.66. The summed E-state index contributed by atoms with van der Waals surface area (Å²) in [5, 5.41) is 0. The minimum atomic E-state index is -0.0698. The van der Waals surface area contributed by atoms with E-state index in [0.717, 1.165) is 37.0 Å². The molecule has 0 spiro atoms. The highest BCUT2D eigenvalue weighted by atomic mass is 35.5. The molecule has 1 fully saturated rings. The zero-order chi connectivity index (χ0) is 17.3. The van der Waals surface area contributed by atoms with Crippen LogP contribution in [0.5, 0.6) is 0 Å². The molecule has 1 unspecified atom stereocenters. The predicted molar refractivity (Wildman–Crippen MR) is 102 cm³/mol. The van der Waals surface area contributed by atoms with Crippen molar-refractivity contribution in [2.24, 2.45) is 18.7 Å². The number of piperidine rings is 1. The van der Waals surface area contributed by atoms with Crippen LogP contribution in [0.1, 0.15) is 26.2 Å². The Bertz CT molecular complexity index is 788. The van der Waals surface area contributed by atoms with E-state index >= 15 is 0 Å². The lowest BCUT2D eigenvalue weighted by molar-refractivity contribution is -0.132. The van der Waals surface area contributed by atoms with Crippen molar-refractivity contribution in [1.82, 2.24) is 14.0 Å². The van der Waals surface area contributed by atoms with Gasteiger partial charge in [-0.2, -0.15) is 0 Å². The SMILES string of the molecule is CC(N)C1CCN(C(=O)CCn2c(=O)n(C)c3ccccc32)CC1.Cl. The lowest BCUT2D eigenvalue weighted by Gasteiger charge is -2.33. The zero-order valence-corrected chi connectivity index (χ0v) is 15.7. The summed E-state index contributed by atoms with van der Waals surface area (Å²) < 4.78 is 3.33. The van der Waals surface area contributed by atoms with Gasteiger partial charge in [-0.15, -0.1) is 12.4 Å². The number of rotatable bonds is 4. The van der Waals surface area contributed by atoms with Crippen LogP contribution in [0, 0.1) is 5.92 Å². The summed E-state index contributed by atoms with van der Waals surface area (Å²) in [4.78, 5) is 26.8. The monoisotopic (exact) mass is 366 g/mol. The molecule has 1 aliphatic rings. The first-order chi connectivity index (χ1) is 11.5.